The van der Waals surface area contributed by atoms with Gasteiger partial charge in [-0.15, -0.1) is 0 Å². The van der Waals surface area contributed by atoms with Crippen LogP contribution in [0.5, 0.6) is 11.5 Å². The van der Waals surface area contributed by atoms with Crippen LogP contribution in [-0.4, -0.2) is 49.8 Å². The second kappa shape index (κ2) is 8.63. The van der Waals surface area contributed by atoms with Crippen LogP contribution < -0.4 is 14.4 Å². The number of benzene rings is 2. The molecule has 8 heteroatoms. The summed E-state index contributed by atoms with van der Waals surface area (Å²) in [5.74, 6) is 1.28. The van der Waals surface area contributed by atoms with Crippen molar-refractivity contribution in [2.75, 3.05) is 38.9 Å². The van der Waals surface area contributed by atoms with Gasteiger partial charge in [0, 0.05) is 24.2 Å². The molecule has 4 rings (SSSR count). The highest BCUT2D eigenvalue weighted by Crippen LogP contribution is 2.34. The summed E-state index contributed by atoms with van der Waals surface area (Å²) < 4.78 is 11.7. The Morgan fingerprint density at radius 1 is 1.20 bits per heavy atom. The standard InChI is InChI=1S/C22H22ClN3O3S/c1-14-10-16(23)12-19-21(14)24-22(30-19)26(9-8-25(2)3)20(27)7-5-15-4-6-17-18(11-15)29-13-28-17/h4-7,10-12H,8-9,13H2,1-3H3. The van der Waals surface area contributed by atoms with E-state index in [1.807, 2.05) is 56.3 Å². The van der Waals surface area contributed by atoms with Crippen LogP contribution in [-0.2, 0) is 4.79 Å². The Morgan fingerprint density at radius 3 is 2.80 bits per heavy atom. The van der Waals surface area contributed by atoms with Crippen LogP contribution in [0.3, 0.4) is 0 Å². The highest BCUT2D eigenvalue weighted by atomic mass is 35.5. The van der Waals surface area contributed by atoms with E-state index in [1.165, 1.54) is 11.3 Å². The van der Waals surface area contributed by atoms with Crippen LogP contribution >= 0.6 is 22.9 Å². The van der Waals surface area contributed by atoms with Gasteiger partial charge in [-0.05, 0) is 62.5 Å². The predicted octanol–water partition coefficient (Wildman–Crippen LogP) is 4.59. The van der Waals surface area contributed by atoms with Crippen LogP contribution in [0.4, 0.5) is 5.13 Å². The smallest absolute Gasteiger partial charge is 0.252 e. The van der Waals surface area contributed by atoms with Gasteiger partial charge in [0.2, 0.25) is 6.79 Å². The molecule has 0 N–H and O–H groups in total. The lowest BCUT2D eigenvalue weighted by Gasteiger charge is -2.20. The number of halogens is 1. The Morgan fingerprint density at radius 2 is 2.00 bits per heavy atom. The minimum Gasteiger partial charge on any atom is -0.454 e. The number of hydrogen-bond acceptors (Lipinski definition) is 6. The molecule has 0 radical (unpaired) electrons. The maximum atomic E-state index is 13.1. The number of nitrogens with zero attached hydrogens (tertiary/aromatic N) is 3. The van der Waals surface area contributed by atoms with Crippen LogP contribution in [0, 0.1) is 6.92 Å². The highest BCUT2D eigenvalue weighted by Gasteiger charge is 2.19. The first kappa shape index (κ1) is 20.7. The Bertz CT molecular complexity index is 1130. The van der Waals surface area contributed by atoms with Gasteiger partial charge in [0.1, 0.15) is 0 Å². The summed E-state index contributed by atoms with van der Waals surface area (Å²) >= 11 is 7.67. The van der Waals surface area contributed by atoms with Gasteiger partial charge < -0.3 is 14.4 Å². The second-order valence-corrected chi connectivity index (χ2v) is 8.75. The summed E-state index contributed by atoms with van der Waals surface area (Å²) in [6, 6.07) is 9.38. The maximum absolute atomic E-state index is 13.1. The van der Waals surface area contributed by atoms with E-state index in [4.69, 9.17) is 26.1 Å². The monoisotopic (exact) mass is 443 g/mol. The topological polar surface area (TPSA) is 54.9 Å². The summed E-state index contributed by atoms with van der Waals surface area (Å²) in [4.78, 5) is 21.6. The summed E-state index contributed by atoms with van der Waals surface area (Å²) in [7, 11) is 3.96. The zero-order chi connectivity index (χ0) is 21.3. The first-order valence-corrected chi connectivity index (χ1v) is 10.7. The lowest BCUT2D eigenvalue weighted by atomic mass is 10.2. The minimum atomic E-state index is -0.127. The molecule has 6 nitrogen and oxygen atoms in total. The van der Waals surface area contributed by atoms with Crippen molar-refractivity contribution in [2.24, 2.45) is 0 Å². The summed E-state index contributed by atoms with van der Waals surface area (Å²) in [5, 5.41) is 1.33. The number of anilines is 1. The molecule has 0 unspecified atom stereocenters. The molecule has 0 fully saturated rings. The summed E-state index contributed by atoms with van der Waals surface area (Å²) in [5.41, 5.74) is 2.74. The number of carbonyl (C=O) groups is 1. The number of amides is 1. The molecule has 0 spiro atoms. The third-order valence-corrected chi connectivity index (χ3v) is 5.97. The van der Waals surface area contributed by atoms with Gasteiger partial charge in [0.15, 0.2) is 16.6 Å². The summed E-state index contributed by atoms with van der Waals surface area (Å²) in [6.45, 7) is 3.45. The summed E-state index contributed by atoms with van der Waals surface area (Å²) in [6.07, 6.45) is 3.35. The average molecular weight is 444 g/mol. The predicted molar refractivity (Wildman–Crippen MR) is 122 cm³/mol. The third kappa shape index (κ3) is 4.43. The Labute approximate surface area is 184 Å². The number of ether oxygens (including phenoxy) is 2. The molecule has 156 valence electrons. The number of rotatable bonds is 6. The maximum Gasteiger partial charge on any atom is 0.252 e. The molecule has 30 heavy (non-hydrogen) atoms. The molecule has 1 aliphatic rings. The van der Waals surface area contributed by atoms with Gasteiger partial charge in [0.25, 0.3) is 5.91 Å². The van der Waals surface area contributed by atoms with Crippen molar-refractivity contribution in [1.82, 2.24) is 9.88 Å². The van der Waals surface area contributed by atoms with Crippen LogP contribution in [0.1, 0.15) is 11.1 Å². The quantitative estimate of drug-likeness (QED) is 0.521. The molecule has 3 aromatic rings. The van der Waals surface area contributed by atoms with Crippen LogP contribution in [0.2, 0.25) is 5.02 Å². The van der Waals surface area contributed by atoms with E-state index in [0.717, 1.165) is 33.6 Å². The SMILES string of the molecule is Cc1cc(Cl)cc2sc(N(CCN(C)C)C(=O)C=Cc3ccc4c(c3)OCO4)nc12. The van der Waals surface area contributed by atoms with E-state index < -0.39 is 0 Å². The van der Waals surface area contributed by atoms with E-state index in [-0.39, 0.29) is 12.7 Å². The van der Waals surface area contributed by atoms with E-state index in [9.17, 15) is 4.79 Å². The first-order chi connectivity index (χ1) is 14.4. The number of likely N-dealkylation sites (N-methyl/N-ethyl adjacent to an activating group) is 1. The van der Waals surface area contributed by atoms with E-state index in [1.54, 1.807) is 17.1 Å². The largest absolute Gasteiger partial charge is 0.454 e. The van der Waals surface area contributed by atoms with E-state index in [2.05, 4.69) is 0 Å². The van der Waals surface area contributed by atoms with Gasteiger partial charge in [0.05, 0.1) is 10.2 Å². The fraction of sp³-hybridized carbons (Fsp3) is 0.273. The highest BCUT2D eigenvalue weighted by molar-refractivity contribution is 7.22. The Kier molecular flexibility index (Phi) is 5.94. The fourth-order valence-electron chi connectivity index (χ4n) is 3.13. The minimum absolute atomic E-state index is 0.127. The van der Waals surface area contributed by atoms with Crippen LogP contribution in [0.25, 0.3) is 16.3 Å². The molecule has 2 aromatic carbocycles. The molecular weight excluding hydrogens is 422 g/mol. The van der Waals surface area contributed by atoms with Gasteiger partial charge in [-0.1, -0.05) is 29.0 Å². The number of thiazole rings is 1. The van der Waals surface area contributed by atoms with Crippen molar-refractivity contribution < 1.29 is 14.3 Å². The molecule has 0 saturated carbocycles. The van der Waals surface area contributed by atoms with Crippen molar-refractivity contribution in [3.63, 3.8) is 0 Å². The van der Waals surface area contributed by atoms with E-state index >= 15 is 0 Å². The molecule has 0 atom stereocenters. The normalized spacial score (nSPS) is 13.0. The van der Waals surface area contributed by atoms with Gasteiger partial charge in [-0.3, -0.25) is 9.69 Å². The number of aromatic nitrogens is 1. The fourth-order valence-corrected chi connectivity index (χ4v) is 4.58. The van der Waals surface area contributed by atoms with Crippen molar-refractivity contribution >= 4 is 50.3 Å². The Balaban J connectivity index is 1.61. The molecule has 1 aromatic heterocycles. The number of aryl methyl sites for hydroxylation is 1. The number of carbonyl (C=O) groups excluding carboxylic acids is 1. The molecule has 1 aliphatic heterocycles. The lowest BCUT2D eigenvalue weighted by Crippen LogP contribution is -2.35. The number of hydrogen-bond donors (Lipinski definition) is 0. The van der Waals surface area contributed by atoms with Crippen molar-refractivity contribution in [3.8, 4) is 11.5 Å². The van der Waals surface area contributed by atoms with Gasteiger partial charge in [-0.2, -0.15) is 0 Å². The van der Waals surface area contributed by atoms with E-state index in [0.29, 0.717) is 22.4 Å². The molecule has 0 aliphatic carbocycles. The van der Waals surface area contributed by atoms with Crippen molar-refractivity contribution in [1.29, 1.82) is 0 Å². The second-order valence-electron chi connectivity index (χ2n) is 7.31. The lowest BCUT2D eigenvalue weighted by molar-refractivity contribution is -0.114. The number of fused-ring (bicyclic) bond motifs is 2. The third-order valence-electron chi connectivity index (χ3n) is 4.72. The van der Waals surface area contributed by atoms with Crippen molar-refractivity contribution in [2.45, 2.75) is 6.92 Å². The zero-order valence-corrected chi connectivity index (χ0v) is 18.6. The van der Waals surface area contributed by atoms with Gasteiger partial charge >= 0.3 is 0 Å². The van der Waals surface area contributed by atoms with Crippen LogP contribution in [0.15, 0.2) is 36.4 Å². The molecule has 0 saturated heterocycles. The van der Waals surface area contributed by atoms with Gasteiger partial charge in [-0.25, -0.2) is 4.98 Å². The van der Waals surface area contributed by atoms with Crippen molar-refractivity contribution in [3.05, 3.63) is 52.6 Å². The molecule has 2 heterocycles. The molecule has 1 amide bonds. The Hall–Kier alpha value is -2.61. The molecular formula is C22H22ClN3O3S. The molecule has 0 bridgehead atoms. The average Bonchev–Trinajstić information content (AvgIpc) is 3.32. The first-order valence-electron chi connectivity index (χ1n) is 9.51. The zero-order valence-electron chi connectivity index (χ0n) is 17.0.